The van der Waals surface area contributed by atoms with Crippen molar-refractivity contribution in [1.29, 1.82) is 0 Å². The van der Waals surface area contributed by atoms with Crippen molar-refractivity contribution in [3.8, 4) is 0 Å². The van der Waals surface area contributed by atoms with Crippen molar-refractivity contribution in [2.75, 3.05) is 0 Å². The number of para-hydroxylation sites is 2. The van der Waals surface area contributed by atoms with Gasteiger partial charge in [0.25, 0.3) is 0 Å². The maximum Gasteiger partial charge on any atom is 0.232 e. The predicted octanol–water partition coefficient (Wildman–Crippen LogP) is 7.16. The van der Waals surface area contributed by atoms with Crippen LogP contribution in [0.15, 0.2) is 30.6 Å². The normalized spacial score (nSPS) is 11.3. The second-order valence-electron chi connectivity index (χ2n) is 7.49. The van der Waals surface area contributed by atoms with Crippen molar-refractivity contribution in [3.63, 3.8) is 0 Å². The maximum atomic E-state index is 12.3. The lowest BCUT2D eigenvalue weighted by Crippen LogP contribution is -2.08. The van der Waals surface area contributed by atoms with Gasteiger partial charge in [0.2, 0.25) is 5.91 Å². The monoisotopic (exact) mass is 356 g/mol. The molecule has 26 heavy (non-hydrogen) atoms. The Morgan fingerprint density at radius 3 is 1.96 bits per heavy atom. The van der Waals surface area contributed by atoms with Crippen LogP contribution in [0.5, 0.6) is 0 Å². The summed E-state index contributed by atoms with van der Waals surface area (Å²) >= 11 is 0. The first-order valence-electron chi connectivity index (χ1n) is 10.8. The first-order valence-corrected chi connectivity index (χ1v) is 10.8. The lowest BCUT2D eigenvalue weighted by atomic mass is 10.0. The van der Waals surface area contributed by atoms with Crippen LogP contribution >= 0.6 is 0 Å². The van der Waals surface area contributed by atoms with E-state index in [9.17, 15) is 4.79 Å². The first-order chi connectivity index (χ1) is 12.8. The average Bonchev–Trinajstić information content (AvgIpc) is 3.09. The third-order valence-corrected chi connectivity index (χ3v) is 5.22. The van der Waals surface area contributed by atoms with Crippen molar-refractivity contribution >= 4 is 16.9 Å². The number of carbonyl (C=O) groups excluding carboxylic acids is 1. The topological polar surface area (TPSA) is 34.9 Å². The van der Waals surface area contributed by atoms with E-state index in [1.807, 2.05) is 24.3 Å². The predicted molar refractivity (Wildman–Crippen MR) is 111 cm³/mol. The highest BCUT2D eigenvalue weighted by atomic mass is 16.2. The van der Waals surface area contributed by atoms with Gasteiger partial charge in [0.1, 0.15) is 6.33 Å². The number of benzene rings is 1. The minimum atomic E-state index is 0.168. The molecule has 0 radical (unpaired) electrons. The van der Waals surface area contributed by atoms with Crippen LogP contribution in [0.4, 0.5) is 0 Å². The van der Waals surface area contributed by atoms with Gasteiger partial charge in [-0.15, -0.1) is 0 Å². The van der Waals surface area contributed by atoms with E-state index in [1.54, 1.807) is 10.9 Å². The Bertz CT molecular complexity index is 632. The zero-order valence-corrected chi connectivity index (χ0v) is 16.6. The number of aromatic nitrogens is 2. The third kappa shape index (κ3) is 7.31. The summed E-state index contributed by atoms with van der Waals surface area (Å²) in [6.07, 6.45) is 19.6. The molecule has 0 saturated carbocycles. The first kappa shape index (κ1) is 20.7. The highest BCUT2D eigenvalue weighted by Gasteiger charge is 2.08. The van der Waals surface area contributed by atoms with Gasteiger partial charge in [0, 0.05) is 6.42 Å². The molecule has 3 nitrogen and oxygen atoms in total. The van der Waals surface area contributed by atoms with Gasteiger partial charge in [-0.25, -0.2) is 4.98 Å². The van der Waals surface area contributed by atoms with Crippen molar-refractivity contribution < 1.29 is 4.79 Å². The molecular weight excluding hydrogens is 320 g/mol. The zero-order chi connectivity index (χ0) is 18.5. The molecule has 0 saturated heterocycles. The van der Waals surface area contributed by atoms with Crippen molar-refractivity contribution in [2.45, 2.75) is 96.8 Å². The average molecular weight is 357 g/mol. The molecule has 2 rings (SSSR count). The number of imidazole rings is 1. The van der Waals surface area contributed by atoms with E-state index in [-0.39, 0.29) is 5.91 Å². The number of hydrogen-bond donors (Lipinski definition) is 0. The molecule has 0 bridgehead atoms. The summed E-state index contributed by atoms with van der Waals surface area (Å²) < 4.78 is 1.70. The number of fused-ring (bicyclic) bond motifs is 1. The van der Waals surface area contributed by atoms with Crippen LogP contribution in [-0.4, -0.2) is 15.5 Å². The molecule has 0 fully saturated rings. The second kappa shape index (κ2) is 12.7. The summed E-state index contributed by atoms with van der Waals surface area (Å²) in [6, 6.07) is 7.82. The fourth-order valence-electron chi connectivity index (χ4n) is 3.57. The summed E-state index contributed by atoms with van der Waals surface area (Å²) in [5.74, 6) is 0.168. The minimum Gasteiger partial charge on any atom is -0.274 e. The summed E-state index contributed by atoms with van der Waals surface area (Å²) in [5, 5.41) is 0. The fraction of sp³-hybridized carbons (Fsp3) is 0.652. The molecular formula is C23H36N2O. The maximum absolute atomic E-state index is 12.3. The third-order valence-electron chi connectivity index (χ3n) is 5.22. The molecule has 0 aliphatic carbocycles. The molecule has 2 aromatic rings. The van der Waals surface area contributed by atoms with E-state index < -0.39 is 0 Å². The summed E-state index contributed by atoms with van der Waals surface area (Å²) in [6.45, 7) is 2.27. The quantitative estimate of drug-likeness (QED) is 0.337. The van der Waals surface area contributed by atoms with Crippen LogP contribution in [0.25, 0.3) is 11.0 Å². The standard InChI is InChI=1S/C23H36N2O/c1-2-3-4-5-6-7-8-9-10-11-12-13-14-19-23(26)25-20-24-21-17-15-16-18-22(21)25/h15-18,20H,2-14,19H2,1H3. The van der Waals surface area contributed by atoms with E-state index in [0.29, 0.717) is 6.42 Å². The summed E-state index contributed by atoms with van der Waals surface area (Å²) in [7, 11) is 0. The van der Waals surface area contributed by atoms with Crippen molar-refractivity contribution in [3.05, 3.63) is 30.6 Å². The van der Waals surface area contributed by atoms with E-state index >= 15 is 0 Å². The molecule has 0 aliphatic heterocycles. The second-order valence-corrected chi connectivity index (χ2v) is 7.49. The van der Waals surface area contributed by atoms with Gasteiger partial charge in [-0.1, -0.05) is 96.1 Å². The van der Waals surface area contributed by atoms with Crippen LogP contribution in [-0.2, 0) is 0 Å². The lowest BCUT2D eigenvalue weighted by Gasteiger charge is -2.04. The molecule has 0 unspecified atom stereocenters. The Hall–Kier alpha value is -1.64. The van der Waals surface area contributed by atoms with Gasteiger partial charge >= 0.3 is 0 Å². The van der Waals surface area contributed by atoms with E-state index in [2.05, 4.69) is 11.9 Å². The lowest BCUT2D eigenvalue weighted by molar-refractivity contribution is 0.0903. The van der Waals surface area contributed by atoms with Gasteiger partial charge in [0.05, 0.1) is 11.0 Å². The van der Waals surface area contributed by atoms with Gasteiger partial charge in [-0.2, -0.15) is 0 Å². The van der Waals surface area contributed by atoms with Crippen molar-refractivity contribution in [1.82, 2.24) is 9.55 Å². The number of unbranched alkanes of at least 4 members (excludes halogenated alkanes) is 12. The number of rotatable bonds is 14. The smallest absolute Gasteiger partial charge is 0.232 e. The number of nitrogens with zero attached hydrogens (tertiary/aromatic N) is 2. The summed E-state index contributed by atoms with van der Waals surface area (Å²) in [5.41, 5.74) is 1.82. The molecule has 144 valence electrons. The molecule has 0 spiro atoms. The SMILES string of the molecule is CCCCCCCCCCCCCCCC(=O)n1cnc2ccccc21. The molecule has 1 aromatic carbocycles. The Balaban J connectivity index is 1.45. The van der Waals surface area contributed by atoms with Gasteiger partial charge in [-0.3, -0.25) is 9.36 Å². The minimum absolute atomic E-state index is 0.168. The highest BCUT2D eigenvalue weighted by Crippen LogP contribution is 2.15. The van der Waals surface area contributed by atoms with E-state index in [0.717, 1.165) is 23.9 Å². The Morgan fingerprint density at radius 2 is 1.35 bits per heavy atom. The molecule has 0 amide bonds. The number of hydrogen-bond acceptors (Lipinski definition) is 2. The van der Waals surface area contributed by atoms with Gasteiger partial charge in [-0.05, 0) is 18.6 Å². The number of carbonyl (C=O) groups is 1. The largest absolute Gasteiger partial charge is 0.274 e. The molecule has 0 atom stereocenters. The molecule has 0 N–H and O–H groups in total. The Labute approximate surface area is 159 Å². The molecule has 3 heteroatoms. The fourth-order valence-corrected chi connectivity index (χ4v) is 3.57. The Kier molecular flexibility index (Phi) is 10.1. The molecule has 1 heterocycles. The molecule has 0 aliphatic rings. The highest BCUT2D eigenvalue weighted by molar-refractivity contribution is 5.90. The van der Waals surface area contributed by atoms with Crippen LogP contribution in [0, 0.1) is 0 Å². The van der Waals surface area contributed by atoms with Gasteiger partial charge in [0.15, 0.2) is 0 Å². The van der Waals surface area contributed by atoms with Crippen LogP contribution in [0.1, 0.15) is 102 Å². The van der Waals surface area contributed by atoms with E-state index in [4.69, 9.17) is 0 Å². The van der Waals surface area contributed by atoms with Crippen molar-refractivity contribution in [2.24, 2.45) is 0 Å². The summed E-state index contributed by atoms with van der Waals surface area (Å²) in [4.78, 5) is 16.6. The van der Waals surface area contributed by atoms with Crippen LogP contribution in [0.2, 0.25) is 0 Å². The van der Waals surface area contributed by atoms with Crippen LogP contribution < -0.4 is 0 Å². The Morgan fingerprint density at radius 1 is 0.808 bits per heavy atom. The zero-order valence-electron chi connectivity index (χ0n) is 16.6. The van der Waals surface area contributed by atoms with Gasteiger partial charge < -0.3 is 0 Å². The van der Waals surface area contributed by atoms with E-state index in [1.165, 1.54) is 70.6 Å². The van der Waals surface area contributed by atoms with Crippen LogP contribution in [0.3, 0.4) is 0 Å². The molecule has 1 aromatic heterocycles.